The zero-order valence-corrected chi connectivity index (χ0v) is 12.9. The molecular formula is C16H15N3O2S. The zero-order valence-electron chi connectivity index (χ0n) is 12.1. The van der Waals surface area contributed by atoms with E-state index >= 15 is 0 Å². The van der Waals surface area contributed by atoms with Crippen LogP contribution in [0.1, 0.15) is 23.2 Å². The number of aromatic nitrogens is 2. The van der Waals surface area contributed by atoms with Gasteiger partial charge in [0.25, 0.3) is 5.89 Å². The quantitative estimate of drug-likeness (QED) is 0.786. The molecule has 0 saturated heterocycles. The number of carbonyl (C=O) groups is 1. The number of thiophene rings is 1. The van der Waals surface area contributed by atoms with E-state index < -0.39 is 0 Å². The second-order valence-electron chi connectivity index (χ2n) is 4.85. The molecule has 0 saturated carbocycles. The van der Waals surface area contributed by atoms with E-state index in [1.54, 1.807) is 0 Å². The molecule has 112 valence electrons. The van der Waals surface area contributed by atoms with Gasteiger partial charge in [-0.25, -0.2) is 0 Å². The van der Waals surface area contributed by atoms with E-state index in [4.69, 9.17) is 4.52 Å². The van der Waals surface area contributed by atoms with Gasteiger partial charge in [0.15, 0.2) is 5.82 Å². The topological polar surface area (TPSA) is 68.0 Å². The van der Waals surface area contributed by atoms with E-state index in [2.05, 4.69) is 15.5 Å². The fourth-order valence-electron chi connectivity index (χ4n) is 2.00. The highest BCUT2D eigenvalue weighted by Crippen LogP contribution is 2.27. The van der Waals surface area contributed by atoms with Crippen molar-refractivity contribution < 1.29 is 9.32 Å². The summed E-state index contributed by atoms with van der Waals surface area (Å²) in [4.78, 5) is 17.3. The summed E-state index contributed by atoms with van der Waals surface area (Å²) in [7, 11) is 0. The molecule has 0 fully saturated rings. The van der Waals surface area contributed by atoms with Crippen molar-refractivity contribution in [1.82, 2.24) is 15.5 Å². The molecule has 0 aliphatic rings. The van der Waals surface area contributed by atoms with Crippen LogP contribution in [-0.4, -0.2) is 16.0 Å². The smallest absolute Gasteiger partial charge is 0.268 e. The molecule has 0 spiro atoms. The molecule has 0 atom stereocenters. The molecule has 3 rings (SSSR count). The zero-order chi connectivity index (χ0) is 15.4. The van der Waals surface area contributed by atoms with Gasteiger partial charge in [0.1, 0.15) is 0 Å². The SMILES string of the molecule is CC(=O)NCc1ccc(-c2nc(Cc3ccccc3)no2)s1. The van der Waals surface area contributed by atoms with Gasteiger partial charge >= 0.3 is 0 Å². The minimum absolute atomic E-state index is 0.0436. The number of hydrogen-bond donors (Lipinski definition) is 1. The van der Waals surface area contributed by atoms with Gasteiger partial charge in [-0.1, -0.05) is 35.5 Å². The van der Waals surface area contributed by atoms with Crippen LogP contribution < -0.4 is 5.32 Å². The van der Waals surface area contributed by atoms with Crippen LogP contribution >= 0.6 is 11.3 Å². The van der Waals surface area contributed by atoms with Gasteiger partial charge < -0.3 is 9.84 Å². The maximum absolute atomic E-state index is 10.9. The Morgan fingerprint density at radius 3 is 2.82 bits per heavy atom. The van der Waals surface area contributed by atoms with Crippen molar-refractivity contribution in [2.75, 3.05) is 0 Å². The normalized spacial score (nSPS) is 10.6. The third kappa shape index (κ3) is 3.59. The highest BCUT2D eigenvalue weighted by Gasteiger charge is 2.12. The highest BCUT2D eigenvalue weighted by atomic mass is 32.1. The lowest BCUT2D eigenvalue weighted by molar-refractivity contribution is -0.119. The standard InChI is InChI=1S/C16H15N3O2S/c1-11(20)17-10-13-7-8-14(22-13)16-18-15(19-21-16)9-12-5-3-2-4-6-12/h2-8H,9-10H2,1H3,(H,17,20). The van der Waals surface area contributed by atoms with Crippen LogP contribution in [0.4, 0.5) is 0 Å². The molecule has 6 heteroatoms. The molecule has 2 aromatic heterocycles. The fourth-order valence-corrected chi connectivity index (χ4v) is 2.87. The Morgan fingerprint density at radius 2 is 2.05 bits per heavy atom. The summed E-state index contributed by atoms with van der Waals surface area (Å²) in [5, 5.41) is 6.79. The first-order valence-electron chi connectivity index (χ1n) is 6.91. The molecule has 1 N–H and O–H groups in total. The Balaban J connectivity index is 1.69. The predicted octanol–water partition coefficient (Wildman–Crippen LogP) is 3.03. The molecule has 22 heavy (non-hydrogen) atoms. The molecule has 1 aromatic carbocycles. The number of nitrogens with zero attached hydrogens (tertiary/aromatic N) is 2. The Kier molecular flexibility index (Phi) is 4.29. The maximum atomic E-state index is 10.9. The molecule has 0 aliphatic heterocycles. The average molecular weight is 313 g/mol. The molecule has 0 radical (unpaired) electrons. The van der Waals surface area contributed by atoms with Crippen LogP contribution in [0.25, 0.3) is 10.8 Å². The Labute approximate surface area is 132 Å². The van der Waals surface area contributed by atoms with Crippen LogP contribution in [0.2, 0.25) is 0 Å². The number of rotatable bonds is 5. The molecular weight excluding hydrogens is 298 g/mol. The van der Waals surface area contributed by atoms with Crippen molar-refractivity contribution in [2.45, 2.75) is 19.9 Å². The average Bonchev–Trinajstić information content (AvgIpc) is 3.15. The van der Waals surface area contributed by atoms with Gasteiger partial charge in [0, 0.05) is 18.2 Å². The summed E-state index contributed by atoms with van der Waals surface area (Å²) in [6.45, 7) is 2.02. The first kappa shape index (κ1) is 14.5. The van der Waals surface area contributed by atoms with Gasteiger partial charge in [-0.2, -0.15) is 4.98 Å². The molecule has 0 aliphatic carbocycles. The van der Waals surface area contributed by atoms with E-state index in [0.717, 1.165) is 15.3 Å². The van der Waals surface area contributed by atoms with Crippen molar-refractivity contribution in [3.05, 3.63) is 58.7 Å². The summed E-state index contributed by atoms with van der Waals surface area (Å²) in [5.41, 5.74) is 1.15. The van der Waals surface area contributed by atoms with Crippen LogP contribution in [0, 0.1) is 0 Å². The Bertz CT molecular complexity index is 765. The Hall–Kier alpha value is -2.47. The van der Waals surface area contributed by atoms with Crippen LogP contribution in [-0.2, 0) is 17.8 Å². The van der Waals surface area contributed by atoms with Crippen molar-refractivity contribution in [1.29, 1.82) is 0 Å². The first-order chi connectivity index (χ1) is 10.7. The lowest BCUT2D eigenvalue weighted by Crippen LogP contribution is -2.17. The lowest BCUT2D eigenvalue weighted by Gasteiger charge is -1.96. The number of amides is 1. The number of nitrogens with one attached hydrogen (secondary N) is 1. The van der Waals surface area contributed by atoms with Crippen molar-refractivity contribution >= 4 is 17.2 Å². The first-order valence-corrected chi connectivity index (χ1v) is 7.72. The van der Waals surface area contributed by atoms with Gasteiger partial charge in [0.05, 0.1) is 11.4 Å². The summed E-state index contributed by atoms with van der Waals surface area (Å²) >= 11 is 1.54. The summed E-state index contributed by atoms with van der Waals surface area (Å²) in [6, 6.07) is 13.9. The number of hydrogen-bond acceptors (Lipinski definition) is 5. The van der Waals surface area contributed by atoms with E-state index in [9.17, 15) is 4.79 Å². The molecule has 0 unspecified atom stereocenters. The highest BCUT2D eigenvalue weighted by molar-refractivity contribution is 7.15. The summed E-state index contributed by atoms with van der Waals surface area (Å²) in [6.07, 6.45) is 0.647. The van der Waals surface area contributed by atoms with Crippen LogP contribution in [0.3, 0.4) is 0 Å². The summed E-state index contributed by atoms with van der Waals surface area (Å²) in [5.74, 6) is 1.14. The monoisotopic (exact) mass is 313 g/mol. The molecule has 1 amide bonds. The molecule has 2 heterocycles. The third-order valence-corrected chi connectivity index (χ3v) is 4.13. The van der Waals surface area contributed by atoms with E-state index in [-0.39, 0.29) is 5.91 Å². The summed E-state index contributed by atoms with van der Waals surface area (Å²) < 4.78 is 5.32. The third-order valence-electron chi connectivity index (χ3n) is 3.06. The minimum Gasteiger partial charge on any atom is -0.351 e. The van der Waals surface area contributed by atoms with Gasteiger partial charge in [-0.05, 0) is 17.7 Å². The van der Waals surface area contributed by atoms with Crippen LogP contribution in [0.5, 0.6) is 0 Å². The van der Waals surface area contributed by atoms with Gasteiger partial charge in [0.2, 0.25) is 5.91 Å². The molecule has 3 aromatic rings. The van der Waals surface area contributed by atoms with Crippen molar-refractivity contribution in [3.8, 4) is 10.8 Å². The Morgan fingerprint density at radius 1 is 1.23 bits per heavy atom. The minimum atomic E-state index is -0.0436. The molecule has 5 nitrogen and oxygen atoms in total. The van der Waals surface area contributed by atoms with Crippen LogP contribution in [0.15, 0.2) is 47.0 Å². The largest absolute Gasteiger partial charge is 0.351 e. The van der Waals surface area contributed by atoms with Crippen molar-refractivity contribution in [3.63, 3.8) is 0 Å². The molecule has 0 bridgehead atoms. The van der Waals surface area contributed by atoms with E-state index in [1.165, 1.54) is 18.3 Å². The second-order valence-corrected chi connectivity index (χ2v) is 6.02. The lowest BCUT2D eigenvalue weighted by atomic mass is 10.1. The maximum Gasteiger partial charge on any atom is 0.268 e. The van der Waals surface area contributed by atoms with Gasteiger partial charge in [-0.3, -0.25) is 4.79 Å². The number of carbonyl (C=O) groups excluding carboxylic acids is 1. The van der Waals surface area contributed by atoms with E-state index in [0.29, 0.717) is 24.7 Å². The van der Waals surface area contributed by atoms with Gasteiger partial charge in [-0.15, -0.1) is 11.3 Å². The fraction of sp³-hybridized carbons (Fsp3) is 0.188. The second kappa shape index (κ2) is 6.53. The number of benzene rings is 1. The predicted molar refractivity (Wildman–Crippen MR) is 84.4 cm³/mol. The van der Waals surface area contributed by atoms with Crippen molar-refractivity contribution in [2.24, 2.45) is 0 Å². The van der Waals surface area contributed by atoms with E-state index in [1.807, 2.05) is 42.5 Å².